The summed E-state index contributed by atoms with van der Waals surface area (Å²) in [5.74, 6) is -1.11. The lowest BCUT2D eigenvalue weighted by Crippen LogP contribution is -2.70. The van der Waals surface area contributed by atoms with Gasteiger partial charge in [0.25, 0.3) is 5.91 Å². The number of carbonyl (C=O) groups excluding carboxylic acids is 2. The Morgan fingerprint density at radius 1 is 1.00 bits per heavy atom. The van der Waals surface area contributed by atoms with Gasteiger partial charge in [-0.1, -0.05) is 70.9 Å². The second kappa shape index (κ2) is 13.9. The molecule has 2 aliphatic carbocycles. The van der Waals surface area contributed by atoms with Gasteiger partial charge < -0.3 is 29.7 Å². The third-order valence-electron chi connectivity index (χ3n) is 11.3. The summed E-state index contributed by atoms with van der Waals surface area (Å²) in [5.41, 5.74) is -0.755. The number of amides is 1. The first kappa shape index (κ1) is 35.1. The average molecular weight is 624 g/mol. The maximum atomic E-state index is 13.4. The predicted octanol–water partition coefficient (Wildman–Crippen LogP) is 6.28. The molecule has 2 aromatic carbocycles. The molecule has 3 N–H and O–H groups in total. The van der Waals surface area contributed by atoms with E-state index in [0.717, 1.165) is 12.0 Å². The molecule has 0 spiro atoms. The number of esters is 1. The zero-order valence-electron chi connectivity index (χ0n) is 28.4. The minimum absolute atomic E-state index is 0.0220. The molecular formula is C37H53NO7. The molecule has 2 bridgehead atoms. The molecule has 0 saturated heterocycles. The summed E-state index contributed by atoms with van der Waals surface area (Å²) in [4.78, 5) is 26.3. The molecule has 2 saturated carbocycles. The van der Waals surface area contributed by atoms with E-state index in [4.69, 9.17) is 14.2 Å². The van der Waals surface area contributed by atoms with Gasteiger partial charge in [0.1, 0.15) is 17.3 Å². The van der Waals surface area contributed by atoms with Gasteiger partial charge in [-0.15, -0.1) is 0 Å². The highest BCUT2D eigenvalue weighted by Gasteiger charge is 2.74. The minimum atomic E-state index is -1.47. The van der Waals surface area contributed by atoms with Crippen LogP contribution in [0.25, 0.3) is 0 Å². The number of benzene rings is 2. The number of anilines is 1. The average Bonchev–Trinajstić information content (AvgIpc) is 3.22. The number of methoxy groups -OCH3 is 2. The molecule has 0 aromatic heterocycles. The van der Waals surface area contributed by atoms with E-state index >= 15 is 0 Å². The Morgan fingerprint density at radius 2 is 1.64 bits per heavy atom. The molecule has 2 aromatic rings. The van der Waals surface area contributed by atoms with Gasteiger partial charge >= 0.3 is 5.97 Å². The fourth-order valence-corrected chi connectivity index (χ4v) is 8.35. The maximum absolute atomic E-state index is 13.4. The SMILES string of the molecule is CC[C@@H](C)C1C(C)[C@]2(O)[C@@H](OC)[C@H]1[C@H](OC)C[C@]2(O)[C@H](C)CC(C)[C@H](C)OC(=O)c1ccccc1NC(=O)c1ccc(C)cc1. The fourth-order valence-electron chi connectivity index (χ4n) is 8.35. The zero-order chi connectivity index (χ0) is 33.3. The van der Waals surface area contributed by atoms with Gasteiger partial charge in [0.2, 0.25) is 0 Å². The van der Waals surface area contributed by atoms with Crippen LogP contribution in [0.3, 0.4) is 0 Å². The minimum Gasteiger partial charge on any atom is -0.459 e. The molecule has 8 heteroatoms. The maximum Gasteiger partial charge on any atom is 0.340 e. The fraction of sp³-hybridized carbons (Fsp3) is 0.622. The lowest BCUT2D eigenvalue weighted by atomic mass is 9.61. The smallest absolute Gasteiger partial charge is 0.340 e. The van der Waals surface area contributed by atoms with Crippen molar-refractivity contribution >= 4 is 17.6 Å². The Kier molecular flexibility index (Phi) is 10.8. The number of aliphatic hydroxyl groups is 2. The highest BCUT2D eigenvalue weighted by molar-refractivity contribution is 6.08. The molecule has 11 atom stereocenters. The molecule has 45 heavy (non-hydrogen) atoms. The number of rotatable bonds is 12. The molecule has 0 heterocycles. The van der Waals surface area contributed by atoms with Crippen LogP contribution in [-0.4, -0.2) is 65.8 Å². The number of carbonyl (C=O) groups is 2. The van der Waals surface area contributed by atoms with E-state index in [1.165, 1.54) is 0 Å². The molecule has 0 radical (unpaired) electrons. The van der Waals surface area contributed by atoms with Crippen LogP contribution in [0.15, 0.2) is 48.5 Å². The number of hydrogen-bond donors (Lipinski definition) is 3. The molecule has 1 amide bonds. The summed E-state index contributed by atoms with van der Waals surface area (Å²) in [6.07, 6.45) is 0.440. The third kappa shape index (κ3) is 6.31. The van der Waals surface area contributed by atoms with Crippen LogP contribution in [0.5, 0.6) is 0 Å². The van der Waals surface area contributed by atoms with Crippen LogP contribution in [-0.2, 0) is 14.2 Å². The van der Waals surface area contributed by atoms with Crippen LogP contribution < -0.4 is 5.32 Å². The Hall–Kier alpha value is -2.78. The molecule has 3 unspecified atom stereocenters. The zero-order valence-corrected chi connectivity index (χ0v) is 28.4. The summed E-state index contributed by atoms with van der Waals surface area (Å²) in [7, 11) is 3.29. The normalized spacial score (nSPS) is 31.9. The summed E-state index contributed by atoms with van der Waals surface area (Å²) in [6.45, 7) is 14.1. The number of ether oxygens (including phenoxy) is 3. The predicted molar refractivity (Wildman–Crippen MR) is 175 cm³/mol. The van der Waals surface area contributed by atoms with E-state index in [0.29, 0.717) is 30.0 Å². The highest BCUT2D eigenvalue weighted by Crippen LogP contribution is 2.62. The molecule has 2 fully saturated rings. The van der Waals surface area contributed by atoms with Crippen molar-refractivity contribution in [2.75, 3.05) is 19.5 Å². The summed E-state index contributed by atoms with van der Waals surface area (Å²) in [6, 6.07) is 14.0. The van der Waals surface area contributed by atoms with Crippen LogP contribution in [0.2, 0.25) is 0 Å². The van der Waals surface area contributed by atoms with Crippen molar-refractivity contribution in [1.29, 1.82) is 0 Å². The Bertz CT molecular complexity index is 1330. The topological polar surface area (TPSA) is 114 Å². The van der Waals surface area contributed by atoms with Crippen molar-refractivity contribution in [1.82, 2.24) is 0 Å². The highest BCUT2D eigenvalue weighted by atomic mass is 16.5. The second-order valence-corrected chi connectivity index (χ2v) is 13.8. The van der Waals surface area contributed by atoms with Gasteiger partial charge in [-0.05, 0) is 74.1 Å². The van der Waals surface area contributed by atoms with E-state index in [9.17, 15) is 19.8 Å². The van der Waals surface area contributed by atoms with Crippen molar-refractivity contribution in [2.45, 2.75) is 97.2 Å². The van der Waals surface area contributed by atoms with Gasteiger partial charge in [-0.2, -0.15) is 0 Å². The molecule has 2 aliphatic rings. The second-order valence-electron chi connectivity index (χ2n) is 13.8. The Balaban J connectivity index is 1.49. The van der Waals surface area contributed by atoms with Gasteiger partial charge in [0.05, 0.1) is 23.5 Å². The Morgan fingerprint density at radius 3 is 2.24 bits per heavy atom. The van der Waals surface area contributed by atoms with Gasteiger partial charge in [0.15, 0.2) is 0 Å². The molecule has 248 valence electrons. The molecule has 4 rings (SSSR count). The van der Waals surface area contributed by atoms with Crippen LogP contribution in [0.1, 0.15) is 87.1 Å². The quantitative estimate of drug-likeness (QED) is 0.239. The van der Waals surface area contributed by atoms with Crippen molar-refractivity contribution in [3.05, 3.63) is 65.2 Å². The monoisotopic (exact) mass is 623 g/mol. The first-order valence-corrected chi connectivity index (χ1v) is 16.4. The van der Waals surface area contributed by atoms with Crippen molar-refractivity contribution < 1.29 is 34.0 Å². The van der Waals surface area contributed by atoms with E-state index < -0.39 is 29.4 Å². The summed E-state index contributed by atoms with van der Waals surface area (Å²) in [5, 5.41) is 27.8. The largest absolute Gasteiger partial charge is 0.459 e. The van der Waals surface area contributed by atoms with Gasteiger partial charge in [-0.3, -0.25) is 4.79 Å². The Labute approximate surface area is 268 Å². The van der Waals surface area contributed by atoms with Gasteiger partial charge in [-0.25, -0.2) is 4.79 Å². The molecular weight excluding hydrogens is 570 g/mol. The van der Waals surface area contributed by atoms with Crippen molar-refractivity contribution in [3.8, 4) is 0 Å². The number of nitrogens with one attached hydrogen (secondary N) is 1. The van der Waals surface area contributed by atoms with Crippen LogP contribution in [0.4, 0.5) is 5.69 Å². The van der Waals surface area contributed by atoms with Gasteiger partial charge in [0, 0.05) is 32.1 Å². The number of hydrogen-bond acceptors (Lipinski definition) is 7. The summed E-state index contributed by atoms with van der Waals surface area (Å²) >= 11 is 0. The van der Waals surface area contributed by atoms with E-state index in [2.05, 4.69) is 19.2 Å². The first-order valence-electron chi connectivity index (χ1n) is 16.4. The first-order chi connectivity index (χ1) is 21.2. The molecule has 0 aliphatic heterocycles. The van der Waals surface area contributed by atoms with E-state index in [1.807, 2.05) is 46.8 Å². The lowest BCUT2D eigenvalue weighted by molar-refractivity contribution is -0.274. The van der Waals surface area contributed by atoms with Crippen molar-refractivity contribution in [2.24, 2.45) is 35.5 Å². The van der Waals surface area contributed by atoms with E-state index in [1.54, 1.807) is 50.6 Å². The third-order valence-corrected chi connectivity index (χ3v) is 11.3. The van der Waals surface area contributed by atoms with Crippen LogP contribution >= 0.6 is 0 Å². The molecule has 8 nitrogen and oxygen atoms in total. The standard InChI is InChI=1S/C37H53NO7/c1-10-22(3)31-25(6)37(42)33(44-9)32(31)30(43-8)20-36(37,41)24(5)19-23(4)26(7)45-35(40)28-13-11-12-14-29(28)38-34(39)27-17-15-21(2)16-18-27/h11-18,22-26,30-33,41-42H,10,19-20H2,1-9H3,(H,38,39)/t22-,23?,24-,25?,26+,30-,31?,32+,33+,36+,37+/m1/s1. The number of aryl methyl sites for hydroxylation is 1. The van der Waals surface area contributed by atoms with Crippen molar-refractivity contribution in [3.63, 3.8) is 0 Å². The number of para-hydroxylation sites is 1. The lowest BCUT2D eigenvalue weighted by Gasteiger charge is -2.55. The number of fused-ring (bicyclic) bond motifs is 2. The summed E-state index contributed by atoms with van der Waals surface area (Å²) < 4.78 is 17.9. The van der Waals surface area contributed by atoms with E-state index in [-0.39, 0.29) is 47.2 Å². The van der Waals surface area contributed by atoms with Crippen LogP contribution in [0, 0.1) is 42.4 Å².